The largest absolute Gasteiger partial charge is 0.378 e. The van der Waals surface area contributed by atoms with Crippen LogP contribution in [0.15, 0.2) is 4.99 Å². The minimum absolute atomic E-state index is 0.170. The second-order valence-electron chi connectivity index (χ2n) is 7.84. The maximum atomic E-state index is 5.91. The van der Waals surface area contributed by atoms with Gasteiger partial charge in [-0.25, -0.2) is 0 Å². The van der Waals surface area contributed by atoms with E-state index in [0.717, 1.165) is 32.1 Å². The van der Waals surface area contributed by atoms with Crippen LogP contribution in [0.5, 0.6) is 0 Å². The van der Waals surface area contributed by atoms with Gasteiger partial charge in [-0.05, 0) is 59.0 Å². The van der Waals surface area contributed by atoms with Crippen molar-refractivity contribution in [3.8, 4) is 0 Å². The predicted octanol–water partition coefficient (Wildman–Crippen LogP) is 2.77. The lowest BCUT2D eigenvalue weighted by atomic mass is 9.98. The molecule has 5 heteroatoms. The average molecular weight is 339 g/mol. The molecule has 2 N–H and O–H groups in total. The van der Waals surface area contributed by atoms with E-state index in [-0.39, 0.29) is 5.54 Å². The first-order valence-electron chi connectivity index (χ1n) is 9.93. The number of hydrogen-bond acceptors (Lipinski definition) is 3. The van der Waals surface area contributed by atoms with Crippen LogP contribution in [-0.4, -0.2) is 62.3 Å². The minimum atomic E-state index is 0.170. The molecule has 2 fully saturated rings. The first kappa shape index (κ1) is 19.5. The highest BCUT2D eigenvalue weighted by Gasteiger charge is 2.27. The highest BCUT2D eigenvalue weighted by molar-refractivity contribution is 5.79. The Bertz CT molecular complexity index is 372. The van der Waals surface area contributed by atoms with Gasteiger partial charge in [0, 0.05) is 32.3 Å². The molecule has 24 heavy (non-hydrogen) atoms. The van der Waals surface area contributed by atoms with Gasteiger partial charge in [-0.3, -0.25) is 9.89 Å². The van der Waals surface area contributed by atoms with Gasteiger partial charge in [-0.2, -0.15) is 0 Å². The molecule has 1 aliphatic carbocycles. The smallest absolute Gasteiger partial charge is 0.191 e. The van der Waals surface area contributed by atoms with Crippen LogP contribution in [0.25, 0.3) is 0 Å². The molecule has 140 valence electrons. The summed E-state index contributed by atoms with van der Waals surface area (Å²) in [6.45, 7) is 9.79. The Morgan fingerprint density at radius 2 is 1.79 bits per heavy atom. The summed E-state index contributed by atoms with van der Waals surface area (Å²) in [5.41, 5.74) is 0.170. The van der Waals surface area contributed by atoms with Crippen molar-refractivity contribution in [1.82, 2.24) is 15.5 Å². The SMILES string of the molecule is CN=C(NCCCOC1CCCC1)NCC(C)(C)N1CCCCC1. The van der Waals surface area contributed by atoms with Crippen LogP contribution < -0.4 is 10.6 Å². The van der Waals surface area contributed by atoms with Crippen molar-refractivity contribution >= 4 is 5.96 Å². The summed E-state index contributed by atoms with van der Waals surface area (Å²) >= 11 is 0. The van der Waals surface area contributed by atoms with Gasteiger partial charge in [0.05, 0.1) is 6.10 Å². The number of ether oxygens (including phenoxy) is 1. The van der Waals surface area contributed by atoms with E-state index >= 15 is 0 Å². The molecule has 0 bridgehead atoms. The van der Waals surface area contributed by atoms with E-state index in [1.807, 2.05) is 7.05 Å². The Kier molecular flexibility index (Phi) is 8.33. The van der Waals surface area contributed by atoms with Crippen LogP contribution in [-0.2, 0) is 4.74 Å². The summed E-state index contributed by atoms with van der Waals surface area (Å²) < 4.78 is 5.91. The lowest BCUT2D eigenvalue weighted by Crippen LogP contribution is -2.54. The zero-order valence-corrected chi connectivity index (χ0v) is 16.1. The highest BCUT2D eigenvalue weighted by Crippen LogP contribution is 2.21. The topological polar surface area (TPSA) is 48.9 Å². The van der Waals surface area contributed by atoms with Crippen LogP contribution in [0.4, 0.5) is 0 Å². The third kappa shape index (κ3) is 6.60. The molecular weight excluding hydrogens is 300 g/mol. The van der Waals surface area contributed by atoms with Crippen molar-refractivity contribution in [2.45, 2.75) is 76.9 Å². The molecule has 0 aromatic carbocycles. The van der Waals surface area contributed by atoms with Crippen molar-refractivity contribution in [2.75, 3.05) is 39.8 Å². The second-order valence-corrected chi connectivity index (χ2v) is 7.84. The first-order valence-corrected chi connectivity index (χ1v) is 9.93. The number of likely N-dealkylation sites (tertiary alicyclic amines) is 1. The Labute approximate surface area is 148 Å². The summed E-state index contributed by atoms with van der Waals surface area (Å²) in [7, 11) is 1.85. The maximum absolute atomic E-state index is 5.91. The van der Waals surface area contributed by atoms with E-state index < -0.39 is 0 Å². The van der Waals surface area contributed by atoms with Crippen LogP contribution in [0.3, 0.4) is 0 Å². The fourth-order valence-electron chi connectivity index (χ4n) is 3.72. The summed E-state index contributed by atoms with van der Waals surface area (Å²) in [5, 5.41) is 6.91. The molecule has 0 unspecified atom stereocenters. The standard InChI is InChI=1S/C19H38N4O/c1-19(2,23-13-7-4-8-14-23)16-22-18(20-3)21-12-9-15-24-17-10-5-6-11-17/h17H,4-16H2,1-3H3,(H2,20,21,22). The Morgan fingerprint density at radius 3 is 2.46 bits per heavy atom. The fraction of sp³-hybridized carbons (Fsp3) is 0.947. The fourth-order valence-corrected chi connectivity index (χ4v) is 3.72. The molecule has 0 spiro atoms. The number of guanidine groups is 1. The van der Waals surface area contributed by atoms with Crippen molar-refractivity contribution in [3.05, 3.63) is 0 Å². The number of nitrogens with zero attached hydrogens (tertiary/aromatic N) is 2. The van der Waals surface area contributed by atoms with Gasteiger partial charge in [0.1, 0.15) is 0 Å². The summed E-state index contributed by atoms with van der Waals surface area (Å²) in [5.74, 6) is 0.904. The number of aliphatic imine (C=N–C) groups is 1. The summed E-state index contributed by atoms with van der Waals surface area (Å²) in [4.78, 5) is 6.95. The predicted molar refractivity (Wildman–Crippen MR) is 102 cm³/mol. The van der Waals surface area contributed by atoms with Gasteiger partial charge in [0.25, 0.3) is 0 Å². The normalized spacial score (nSPS) is 21.2. The molecule has 1 aliphatic heterocycles. The Morgan fingerprint density at radius 1 is 1.08 bits per heavy atom. The Hall–Kier alpha value is -0.810. The van der Waals surface area contributed by atoms with Gasteiger partial charge < -0.3 is 15.4 Å². The van der Waals surface area contributed by atoms with Crippen molar-refractivity contribution < 1.29 is 4.74 Å². The lowest BCUT2D eigenvalue weighted by Gasteiger charge is -2.41. The van der Waals surface area contributed by atoms with E-state index in [1.54, 1.807) is 0 Å². The van der Waals surface area contributed by atoms with E-state index in [2.05, 4.69) is 34.4 Å². The van der Waals surface area contributed by atoms with E-state index in [0.29, 0.717) is 6.10 Å². The third-order valence-electron chi connectivity index (χ3n) is 5.39. The van der Waals surface area contributed by atoms with E-state index in [4.69, 9.17) is 4.74 Å². The molecule has 2 aliphatic rings. The molecule has 0 atom stereocenters. The second kappa shape index (κ2) is 10.2. The number of hydrogen-bond donors (Lipinski definition) is 2. The van der Waals surface area contributed by atoms with Gasteiger partial charge in [-0.1, -0.05) is 19.3 Å². The van der Waals surface area contributed by atoms with Gasteiger partial charge in [0.15, 0.2) is 5.96 Å². The molecule has 1 saturated heterocycles. The van der Waals surface area contributed by atoms with Crippen molar-refractivity contribution in [3.63, 3.8) is 0 Å². The summed E-state index contributed by atoms with van der Waals surface area (Å²) in [6.07, 6.45) is 10.8. The average Bonchev–Trinajstić information content (AvgIpc) is 3.11. The zero-order chi connectivity index (χ0) is 17.3. The number of piperidine rings is 1. The van der Waals surface area contributed by atoms with Crippen LogP contribution >= 0.6 is 0 Å². The highest BCUT2D eigenvalue weighted by atomic mass is 16.5. The zero-order valence-electron chi connectivity index (χ0n) is 16.1. The van der Waals surface area contributed by atoms with Gasteiger partial charge >= 0.3 is 0 Å². The van der Waals surface area contributed by atoms with Gasteiger partial charge in [-0.15, -0.1) is 0 Å². The summed E-state index contributed by atoms with van der Waals surface area (Å²) in [6, 6.07) is 0. The Balaban J connectivity index is 1.59. The molecule has 1 saturated carbocycles. The van der Waals surface area contributed by atoms with E-state index in [1.165, 1.54) is 58.0 Å². The number of nitrogens with one attached hydrogen (secondary N) is 2. The maximum Gasteiger partial charge on any atom is 0.191 e. The molecule has 1 heterocycles. The van der Waals surface area contributed by atoms with Crippen molar-refractivity contribution in [1.29, 1.82) is 0 Å². The molecule has 0 aromatic rings. The molecule has 0 radical (unpaired) electrons. The molecule has 0 amide bonds. The lowest BCUT2D eigenvalue weighted by molar-refractivity contribution is 0.0573. The molecule has 2 rings (SSSR count). The molecule has 0 aromatic heterocycles. The monoisotopic (exact) mass is 338 g/mol. The van der Waals surface area contributed by atoms with Crippen LogP contribution in [0.1, 0.15) is 65.2 Å². The van der Waals surface area contributed by atoms with Gasteiger partial charge in [0.2, 0.25) is 0 Å². The van der Waals surface area contributed by atoms with Crippen molar-refractivity contribution in [2.24, 2.45) is 4.99 Å². The molecule has 5 nitrogen and oxygen atoms in total. The van der Waals surface area contributed by atoms with E-state index in [9.17, 15) is 0 Å². The van der Waals surface area contributed by atoms with Crippen LogP contribution in [0, 0.1) is 0 Å². The minimum Gasteiger partial charge on any atom is -0.378 e. The quantitative estimate of drug-likeness (QED) is 0.406. The van der Waals surface area contributed by atoms with Crippen LogP contribution in [0.2, 0.25) is 0 Å². The molecular formula is C19H38N4O. The first-order chi connectivity index (χ1) is 11.6. The number of rotatable bonds is 8. The third-order valence-corrected chi connectivity index (χ3v) is 5.39.